The van der Waals surface area contributed by atoms with E-state index in [1.807, 2.05) is 30.3 Å². The Morgan fingerprint density at radius 3 is 2.38 bits per heavy atom. The molecule has 0 aliphatic carbocycles. The molecule has 7 heteroatoms. The first-order chi connectivity index (χ1) is 14.0. The van der Waals surface area contributed by atoms with Crippen molar-refractivity contribution in [2.75, 3.05) is 25.7 Å². The van der Waals surface area contributed by atoms with Crippen LogP contribution >= 0.6 is 0 Å². The molecule has 0 saturated carbocycles. The Hall–Kier alpha value is -3.79. The number of methoxy groups -OCH3 is 2. The number of nitrogens with zero attached hydrogens (tertiary/aromatic N) is 2. The van der Waals surface area contributed by atoms with Crippen LogP contribution in [0.5, 0.6) is 17.2 Å². The molecule has 0 fully saturated rings. The molecule has 7 nitrogen and oxygen atoms in total. The minimum absolute atomic E-state index is 0.0222. The molecule has 0 unspecified atom stereocenters. The zero-order valence-corrected chi connectivity index (χ0v) is 16.4. The quantitative estimate of drug-likeness (QED) is 0.336. The molecule has 0 bridgehead atoms. The van der Waals surface area contributed by atoms with Crippen LogP contribution in [-0.4, -0.2) is 32.6 Å². The van der Waals surface area contributed by atoms with Gasteiger partial charge in [0.15, 0.2) is 11.5 Å². The molecule has 0 atom stereocenters. The molecular formula is C22H20N2O5. The fourth-order valence-corrected chi connectivity index (χ4v) is 3.23. The Morgan fingerprint density at radius 2 is 1.79 bits per heavy atom. The van der Waals surface area contributed by atoms with Crippen molar-refractivity contribution in [3.8, 4) is 23.3 Å². The van der Waals surface area contributed by atoms with E-state index < -0.39 is 5.97 Å². The highest BCUT2D eigenvalue weighted by atomic mass is 16.6. The molecule has 1 aliphatic heterocycles. The van der Waals surface area contributed by atoms with E-state index in [1.54, 1.807) is 17.0 Å². The van der Waals surface area contributed by atoms with Gasteiger partial charge in [-0.25, -0.2) is 0 Å². The van der Waals surface area contributed by atoms with Crippen LogP contribution in [0.15, 0.2) is 42.0 Å². The molecule has 0 aromatic heterocycles. The number of hydrogen-bond donors (Lipinski definition) is 0. The summed E-state index contributed by atoms with van der Waals surface area (Å²) in [6.07, 6.45) is 2.21. The maximum Gasteiger partial charge on any atom is 0.308 e. The van der Waals surface area contributed by atoms with Gasteiger partial charge in [-0.15, -0.1) is 0 Å². The number of anilines is 1. The fourth-order valence-electron chi connectivity index (χ4n) is 3.23. The SMILES string of the molecule is COc1cc(/C=C(\C#N)C(=O)N2CCc3ccccc32)cc(OC)c1OC(C)=O. The van der Waals surface area contributed by atoms with Gasteiger partial charge in [0.05, 0.1) is 14.2 Å². The fraction of sp³-hybridized carbons (Fsp3) is 0.227. The average Bonchev–Trinajstić information content (AvgIpc) is 3.15. The third kappa shape index (κ3) is 4.06. The number of esters is 1. The van der Waals surface area contributed by atoms with E-state index in [4.69, 9.17) is 14.2 Å². The summed E-state index contributed by atoms with van der Waals surface area (Å²) in [4.78, 5) is 25.9. The van der Waals surface area contributed by atoms with Gasteiger partial charge in [-0.2, -0.15) is 5.26 Å². The van der Waals surface area contributed by atoms with Crippen molar-refractivity contribution in [2.24, 2.45) is 0 Å². The second kappa shape index (κ2) is 8.48. The summed E-state index contributed by atoms with van der Waals surface area (Å²) in [6.45, 7) is 1.79. The van der Waals surface area contributed by atoms with E-state index >= 15 is 0 Å². The molecule has 148 valence electrons. The third-order valence-corrected chi connectivity index (χ3v) is 4.52. The molecule has 0 N–H and O–H groups in total. The average molecular weight is 392 g/mol. The predicted octanol–water partition coefficient (Wildman–Crippen LogP) is 3.13. The van der Waals surface area contributed by atoms with E-state index in [9.17, 15) is 14.9 Å². The molecule has 1 heterocycles. The lowest BCUT2D eigenvalue weighted by Gasteiger charge is -2.17. The van der Waals surface area contributed by atoms with Crippen LogP contribution in [0.4, 0.5) is 5.69 Å². The number of ether oxygens (including phenoxy) is 3. The minimum Gasteiger partial charge on any atom is -0.493 e. The predicted molar refractivity (Wildman–Crippen MR) is 107 cm³/mol. The van der Waals surface area contributed by atoms with Gasteiger partial charge in [0.1, 0.15) is 11.6 Å². The Kier molecular flexibility index (Phi) is 5.84. The number of hydrogen-bond acceptors (Lipinski definition) is 6. The lowest BCUT2D eigenvalue weighted by atomic mass is 10.1. The van der Waals surface area contributed by atoms with Crippen LogP contribution in [0.2, 0.25) is 0 Å². The normalized spacial score (nSPS) is 12.8. The van der Waals surface area contributed by atoms with Crippen molar-refractivity contribution >= 4 is 23.6 Å². The zero-order valence-electron chi connectivity index (χ0n) is 16.4. The van der Waals surface area contributed by atoms with Gasteiger partial charge in [-0.05, 0) is 41.8 Å². The van der Waals surface area contributed by atoms with Crippen LogP contribution in [0.3, 0.4) is 0 Å². The zero-order chi connectivity index (χ0) is 21.0. The molecule has 2 aromatic rings. The summed E-state index contributed by atoms with van der Waals surface area (Å²) in [7, 11) is 2.85. The van der Waals surface area contributed by atoms with Crippen molar-refractivity contribution in [1.82, 2.24) is 0 Å². The first kappa shape index (κ1) is 20.0. The first-order valence-electron chi connectivity index (χ1n) is 8.94. The highest BCUT2D eigenvalue weighted by Crippen LogP contribution is 2.39. The lowest BCUT2D eigenvalue weighted by Crippen LogP contribution is -2.29. The van der Waals surface area contributed by atoms with Gasteiger partial charge in [-0.1, -0.05) is 18.2 Å². The smallest absolute Gasteiger partial charge is 0.308 e. The number of nitriles is 1. The van der Waals surface area contributed by atoms with Crippen molar-refractivity contribution in [2.45, 2.75) is 13.3 Å². The van der Waals surface area contributed by atoms with Gasteiger partial charge in [0.2, 0.25) is 5.75 Å². The summed E-state index contributed by atoms with van der Waals surface area (Å²) < 4.78 is 15.7. The molecular weight excluding hydrogens is 372 g/mol. The van der Waals surface area contributed by atoms with Crippen molar-refractivity contribution in [1.29, 1.82) is 5.26 Å². The number of para-hydroxylation sites is 1. The van der Waals surface area contributed by atoms with E-state index in [2.05, 4.69) is 0 Å². The molecule has 2 aromatic carbocycles. The van der Waals surface area contributed by atoms with Crippen LogP contribution in [-0.2, 0) is 16.0 Å². The van der Waals surface area contributed by atoms with E-state index in [0.717, 1.165) is 17.7 Å². The van der Waals surface area contributed by atoms with Gasteiger partial charge < -0.3 is 19.1 Å². The second-order valence-electron chi connectivity index (χ2n) is 6.35. The van der Waals surface area contributed by atoms with Crippen molar-refractivity contribution in [3.05, 3.63) is 53.1 Å². The monoisotopic (exact) mass is 392 g/mol. The molecule has 29 heavy (non-hydrogen) atoms. The van der Waals surface area contributed by atoms with E-state index in [1.165, 1.54) is 27.2 Å². The van der Waals surface area contributed by atoms with Crippen molar-refractivity contribution in [3.63, 3.8) is 0 Å². The van der Waals surface area contributed by atoms with Crippen LogP contribution in [0.25, 0.3) is 6.08 Å². The molecule has 1 aliphatic rings. The molecule has 1 amide bonds. The minimum atomic E-state index is -0.523. The van der Waals surface area contributed by atoms with Crippen LogP contribution in [0, 0.1) is 11.3 Å². The first-order valence-corrected chi connectivity index (χ1v) is 8.94. The number of fused-ring (bicyclic) bond motifs is 1. The Labute approximate surface area is 168 Å². The number of carbonyl (C=O) groups excluding carboxylic acids is 2. The Morgan fingerprint density at radius 1 is 1.14 bits per heavy atom. The topological polar surface area (TPSA) is 88.9 Å². The summed E-state index contributed by atoms with van der Waals surface area (Å²) in [5.74, 6) is -0.257. The standard InChI is InChI=1S/C22H20N2O5/c1-14(25)29-21-19(27-2)11-15(12-20(21)28-3)10-17(13-23)22(26)24-9-8-16-6-4-5-7-18(16)24/h4-7,10-12H,8-9H2,1-3H3/b17-10+. The van der Waals surface area contributed by atoms with Gasteiger partial charge in [0.25, 0.3) is 5.91 Å². The highest BCUT2D eigenvalue weighted by molar-refractivity contribution is 6.12. The van der Waals surface area contributed by atoms with Crippen LogP contribution < -0.4 is 19.1 Å². The Balaban J connectivity index is 1.98. The van der Waals surface area contributed by atoms with Gasteiger partial charge >= 0.3 is 5.97 Å². The maximum atomic E-state index is 13.0. The number of amides is 1. The number of benzene rings is 2. The van der Waals surface area contributed by atoms with E-state index in [-0.39, 0.29) is 28.7 Å². The van der Waals surface area contributed by atoms with Gasteiger partial charge in [-0.3, -0.25) is 9.59 Å². The number of carbonyl (C=O) groups is 2. The van der Waals surface area contributed by atoms with Crippen molar-refractivity contribution < 1.29 is 23.8 Å². The molecule has 0 saturated heterocycles. The maximum absolute atomic E-state index is 13.0. The summed E-state index contributed by atoms with van der Waals surface area (Å²) in [5, 5.41) is 9.59. The Bertz CT molecular complexity index is 1010. The molecule has 0 radical (unpaired) electrons. The lowest BCUT2D eigenvalue weighted by molar-refractivity contribution is -0.132. The summed E-state index contributed by atoms with van der Waals surface area (Å²) >= 11 is 0. The summed E-state index contributed by atoms with van der Waals surface area (Å²) in [6, 6.07) is 12.8. The largest absolute Gasteiger partial charge is 0.493 e. The number of rotatable bonds is 5. The molecule has 3 rings (SSSR count). The molecule has 0 spiro atoms. The second-order valence-corrected chi connectivity index (χ2v) is 6.35. The van der Waals surface area contributed by atoms with E-state index in [0.29, 0.717) is 12.1 Å². The summed E-state index contributed by atoms with van der Waals surface area (Å²) in [5.41, 5.74) is 2.38. The third-order valence-electron chi connectivity index (χ3n) is 4.52. The van der Waals surface area contributed by atoms with Gasteiger partial charge in [0, 0.05) is 19.2 Å². The van der Waals surface area contributed by atoms with Crippen LogP contribution in [0.1, 0.15) is 18.1 Å². The highest BCUT2D eigenvalue weighted by Gasteiger charge is 2.27.